The molecule has 0 radical (unpaired) electrons. The van der Waals surface area contributed by atoms with E-state index in [-0.39, 0.29) is 6.42 Å². The van der Waals surface area contributed by atoms with Crippen LogP contribution in [0.2, 0.25) is 0 Å². The zero-order chi connectivity index (χ0) is 11.2. The van der Waals surface area contributed by atoms with Gasteiger partial charge in [-0.05, 0) is 6.42 Å². The van der Waals surface area contributed by atoms with Crippen molar-refractivity contribution >= 4 is 21.7 Å². The molecule has 0 amide bonds. The standard InChI is InChI=1S/C9H14BrF3O/c1-2-3-4-5-6-7(10)8(14)9(11,12)13/h7H,2-6H2,1H3. The summed E-state index contributed by atoms with van der Waals surface area (Å²) in [6.07, 6.45) is -0.882. The molecule has 0 aromatic heterocycles. The summed E-state index contributed by atoms with van der Waals surface area (Å²) in [5.74, 6) is -1.67. The molecule has 0 N–H and O–H groups in total. The smallest absolute Gasteiger partial charge is 0.288 e. The van der Waals surface area contributed by atoms with Gasteiger partial charge in [-0.15, -0.1) is 0 Å². The van der Waals surface area contributed by atoms with Gasteiger partial charge in [0.1, 0.15) is 0 Å². The fraction of sp³-hybridized carbons (Fsp3) is 0.889. The third-order valence-electron chi connectivity index (χ3n) is 1.88. The van der Waals surface area contributed by atoms with E-state index in [4.69, 9.17) is 0 Å². The van der Waals surface area contributed by atoms with Crippen LogP contribution in [-0.4, -0.2) is 16.8 Å². The van der Waals surface area contributed by atoms with Crippen LogP contribution < -0.4 is 0 Å². The fourth-order valence-corrected chi connectivity index (χ4v) is 1.64. The van der Waals surface area contributed by atoms with Gasteiger partial charge in [-0.3, -0.25) is 4.79 Å². The first-order valence-electron chi connectivity index (χ1n) is 4.64. The van der Waals surface area contributed by atoms with Gasteiger partial charge < -0.3 is 0 Å². The van der Waals surface area contributed by atoms with Crippen molar-refractivity contribution in [2.75, 3.05) is 0 Å². The van der Waals surface area contributed by atoms with Crippen molar-refractivity contribution in [3.8, 4) is 0 Å². The number of alkyl halides is 4. The molecule has 14 heavy (non-hydrogen) atoms. The molecule has 0 saturated heterocycles. The molecular formula is C9H14BrF3O. The molecular weight excluding hydrogens is 261 g/mol. The number of hydrogen-bond donors (Lipinski definition) is 0. The van der Waals surface area contributed by atoms with Crippen molar-refractivity contribution < 1.29 is 18.0 Å². The number of unbranched alkanes of at least 4 members (excludes halogenated alkanes) is 3. The largest absolute Gasteiger partial charge is 0.451 e. The minimum atomic E-state index is -4.71. The first-order valence-corrected chi connectivity index (χ1v) is 5.56. The molecule has 0 bridgehead atoms. The average Bonchev–Trinajstić information content (AvgIpc) is 2.09. The Bertz CT molecular complexity index is 179. The van der Waals surface area contributed by atoms with Crippen molar-refractivity contribution in [3.05, 3.63) is 0 Å². The van der Waals surface area contributed by atoms with E-state index in [0.29, 0.717) is 6.42 Å². The molecule has 0 heterocycles. The Morgan fingerprint density at radius 2 is 1.86 bits per heavy atom. The number of hydrogen-bond acceptors (Lipinski definition) is 1. The van der Waals surface area contributed by atoms with Gasteiger partial charge in [-0.1, -0.05) is 48.5 Å². The van der Waals surface area contributed by atoms with Crippen LogP contribution >= 0.6 is 15.9 Å². The second-order valence-corrected chi connectivity index (χ2v) is 4.28. The van der Waals surface area contributed by atoms with Gasteiger partial charge in [-0.2, -0.15) is 13.2 Å². The predicted octanol–water partition coefficient (Wildman–Crippen LogP) is 3.85. The van der Waals surface area contributed by atoms with Crippen LogP contribution in [0.25, 0.3) is 0 Å². The van der Waals surface area contributed by atoms with E-state index in [0.717, 1.165) is 19.3 Å². The zero-order valence-electron chi connectivity index (χ0n) is 8.03. The highest BCUT2D eigenvalue weighted by Crippen LogP contribution is 2.24. The van der Waals surface area contributed by atoms with Gasteiger partial charge in [0.15, 0.2) is 0 Å². The number of carbonyl (C=O) groups is 1. The maximum absolute atomic E-state index is 11.9. The minimum Gasteiger partial charge on any atom is -0.288 e. The van der Waals surface area contributed by atoms with E-state index in [9.17, 15) is 18.0 Å². The Morgan fingerprint density at radius 1 is 1.29 bits per heavy atom. The summed E-state index contributed by atoms with van der Waals surface area (Å²) in [6.45, 7) is 2.02. The molecule has 0 spiro atoms. The Hall–Kier alpha value is -0.0600. The first kappa shape index (κ1) is 13.9. The van der Waals surface area contributed by atoms with Gasteiger partial charge in [0.25, 0.3) is 0 Å². The normalized spacial score (nSPS) is 14.1. The topological polar surface area (TPSA) is 17.1 Å². The summed E-state index contributed by atoms with van der Waals surface area (Å²) < 4.78 is 35.7. The summed E-state index contributed by atoms with van der Waals surface area (Å²) in [4.78, 5) is 9.59. The molecule has 0 aromatic rings. The van der Waals surface area contributed by atoms with Gasteiger partial charge in [-0.25, -0.2) is 0 Å². The van der Waals surface area contributed by atoms with Crippen molar-refractivity contribution in [1.82, 2.24) is 0 Å². The highest BCUT2D eigenvalue weighted by atomic mass is 79.9. The Morgan fingerprint density at radius 3 is 2.29 bits per heavy atom. The van der Waals surface area contributed by atoms with Crippen LogP contribution in [0.1, 0.15) is 39.0 Å². The third kappa shape index (κ3) is 5.62. The summed E-state index contributed by atoms with van der Waals surface area (Å²) in [5, 5.41) is 0. The summed E-state index contributed by atoms with van der Waals surface area (Å²) in [6, 6.07) is 0. The van der Waals surface area contributed by atoms with Crippen LogP contribution in [0.4, 0.5) is 13.2 Å². The fourth-order valence-electron chi connectivity index (χ4n) is 1.06. The van der Waals surface area contributed by atoms with E-state index < -0.39 is 16.8 Å². The molecule has 0 aliphatic carbocycles. The van der Waals surface area contributed by atoms with Crippen LogP contribution in [0.15, 0.2) is 0 Å². The lowest BCUT2D eigenvalue weighted by molar-refractivity contribution is -0.170. The molecule has 0 fully saturated rings. The van der Waals surface area contributed by atoms with Crippen LogP contribution in [0.3, 0.4) is 0 Å². The number of halogens is 4. The highest BCUT2D eigenvalue weighted by molar-refractivity contribution is 9.10. The second-order valence-electron chi connectivity index (χ2n) is 3.18. The zero-order valence-corrected chi connectivity index (χ0v) is 9.62. The van der Waals surface area contributed by atoms with Crippen LogP contribution in [0, 0.1) is 0 Å². The van der Waals surface area contributed by atoms with Gasteiger partial charge >= 0.3 is 6.18 Å². The monoisotopic (exact) mass is 274 g/mol. The maximum Gasteiger partial charge on any atom is 0.451 e. The molecule has 0 rings (SSSR count). The lowest BCUT2D eigenvalue weighted by Gasteiger charge is -2.10. The lowest BCUT2D eigenvalue weighted by Crippen LogP contribution is -2.30. The van der Waals surface area contributed by atoms with Gasteiger partial charge in [0.2, 0.25) is 5.78 Å². The molecule has 0 aromatic carbocycles. The summed E-state index contributed by atoms with van der Waals surface area (Å²) in [7, 11) is 0. The number of carbonyl (C=O) groups excluding carboxylic acids is 1. The van der Waals surface area contributed by atoms with E-state index in [2.05, 4.69) is 15.9 Å². The molecule has 0 saturated carbocycles. The van der Waals surface area contributed by atoms with E-state index in [1.54, 1.807) is 0 Å². The minimum absolute atomic E-state index is 0.262. The number of ketones is 1. The van der Waals surface area contributed by atoms with Crippen molar-refractivity contribution in [3.63, 3.8) is 0 Å². The number of Topliss-reactive ketones (excluding diaryl/α,β-unsaturated/α-hetero) is 1. The molecule has 0 aliphatic heterocycles. The Kier molecular flexibility index (Phi) is 6.40. The molecule has 1 unspecified atom stereocenters. The molecule has 1 atom stereocenters. The maximum atomic E-state index is 11.9. The van der Waals surface area contributed by atoms with Crippen molar-refractivity contribution in [2.45, 2.75) is 50.0 Å². The third-order valence-corrected chi connectivity index (χ3v) is 2.75. The molecule has 5 heteroatoms. The van der Waals surface area contributed by atoms with E-state index in [1.165, 1.54) is 0 Å². The van der Waals surface area contributed by atoms with Crippen LogP contribution in [-0.2, 0) is 4.79 Å². The van der Waals surface area contributed by atoms with Crippen LogP contribution in [0.5, 0.6) is 0 Å². The van der Waals surface area contributed by atoms with E-state index >= 15 is 0 Å². The Labute approximate surface area is 90.2 Å². The van der Waals surface area contributed by atoms with Gasteiger partial charge in [0, 0.05) is 0 Å². The van der Waals surface area contributed by atoms with Gasteiger partial charge in [0.05, 0.1) is 4.83 Å². The Balaban J connectivity index is 3.74. The van der Waals surface area contributed by atoms with Crippen molar-refractivity contribution in [1.29, 1.82) is 0 Å². The molecule has 1 nitrogen and oxygen atoms in total. The second kappa shape index (κ2) is 6.43. The summed E-state index contributed by atoms with van der Waals surface area (Å²) in [5.41, 5.74) is 0. The summed E-state index contributed by atoms with van der Waals surface area (Å²) >= 11 is 2.76. The lowest BCUT2D eigenvalue weighted by atomic mass is 10.1. The first-order chi connectivity index (χ1) is 6.39. The predicted molar refractivity (Wildman–Crippen MR) is 52.5 cm³/mol. The number of rotatable bonds is 6. The SMILES string of the molecule is CCCCCCC(Br)C(=O)C(F)(F)F. The van der Waals surface area contributed by atoms with Crippen molar-refractivity contribution in [2.24, 2.45) is 0 Å². The average molecular weight is 275 g/mol. The highest BCUT2D eigenvalue weighted by Gasteiger charge is 2.41. The quantitative estimate of drug-likeness (QED) is 0.531. The van der Waals surface area contributed by atoms with E-state index in [1.807, 2.05) is 6.92 Å². The molecule has 84 valence electrons. The molecule has 0 aliphatic rings.